The van der Waals surface area contributed by atoms with E-state index in [4.69, 9.17) is 4.74 Å². The summed E-state index contributed by atoms with van der Waals surface area (Å²) >= 11 is 0. The Labute approximate surface area is 199 Å². The number of benzene rings is 2. The number of rotatable bonds is 6. The quantitative estimate of drug-likeness (QED) is 0.382. The van der Waals surface area contributed by atoms with E-state index >= 15 is 0 Å². The third-order valence-corrected chi connectivity index (χ3v) is 5.53. The second kappa shape index (κ2) is 8.90. The molecule has 10 nitrogen and oxygen atoms in total. The number of para-hydroxylation sites is 1. The van der Waals surface area contributed by atoms with Gasteiger partial charge in [-0.2, -0.15) is 5.10 Å². The molecule has 2 aromatic carbocycles. The number of ether oxygens (including phenoxy) is 1. The fraction of sp³-hybridized carbons (Fsp3) is 0.160. The smallest absolute Gasteiger partial charge is 0.350 e. The van der Waals surface area contributed by atoms with E-state index in [1.165, 1.54) is 4.40 Å². The van der Waals surface area contributed by atoms with Crippen molar-refractivity contribution < 1.29 is 14.3 Å². The van der Waals surface area contributed by atoms with Gasteiger partial charge in [-0.3, -0.25) is 4.79 Å². The van der Waals surface area contributed by atoms with Crippen LogP contribution in [0.4, 0.5) is 5.69 Å². The van der Waals surface area contributed by atoms with Crippen LogP contribution in [0.1, 0.15) is 22.8 Å². The predicted molar refractivity (Wildman–Crippen MR) is 129 cm³/mol. The highest BCUT2D eigenvalue weighted by atomic mass is 16.5. The van der Waals surface area contributed by atoms with E-state index in [0.29, 0.717) is 16.9 Å². The van der Waals surface area contributed by atoms with E-state index in [0.717, 1.165) is 21.5 Å². The van der Waals surface area contributed by atoms with Crippen LogP contribution in [0.3, 0.4) is 0 Å². The first-order chi connectivity index (χ1) is 16.9. The largest absolute Gasteiger partial charge is 0.462 e. The molecule has 0 atom stereocenters. The number of amides is 1. The van der Waals surface area contributed by atoms with Crippen molar-refractivity contribution in [2.45, 2.75) is 20.4 Å². The Balaban J connectivity index is 1.44. The number of carbonyl (C=O) groups is 2. The molecule has 35 heavy (non-hydrogen) atoms. The molecule has 0 aliphatic heterocycles. The van der Waals surface area contributed by atoms with Crippen LogP contribution in [0.15, 0.2) is 71.8 Å². The number of esters is 1. The molecule has 1 amide bonds. The number of nitrogens with one attached hydrogen (secondary N) is 1. The second-order valence-electron chi connectivity index (χ2n) is 7.97. The zero-order valence-corrected chi connectivity index (χ0v) is 19.1. The van der Waals surface area contributed by atoms with Crippen LogP contribution in [0.5, 0.6) is 0 Å². The number of aromatic nitrogens is 5. The van der Waals surface area contributed by atoms with Crippen LogP contribution in [-0.4, -0.2) is 42.3 Å². The van der Waals surface area contributed by atoms with Gasteiger partial charge >= 0.3 is 11.7 Å². The highest BCUT2D eigenvalue weighted by molar-refractivity contribution is 6.01. The van der Waals surface area contributed by atoms with Crippen LogP contribution >= 0.6 is 0 Å². The normalized spacial score (nSPS) is 11.1. The predicted octanol–water partition coefficient (Wildman–Crippen LogP) is 2.93. The van der Waals surface area contributed by atoms with Crippen LogP contribution in [0.2, 0.25) is 0 Å². The van der Waals surface area contributed by atoms with Gasteiger partial charge in [0.05, 0.1) is 23.6 Å². The SMILES string of the molecule is CCOC(=O)c1ccccc1NC(=O)Cn1nc2c3cc(-c4ccc(C)cc4)nn3ccn2c1=O. The first-order valence-corrected chi connectivity index (χ1v) is 11.0. The van der Waals surface area contributed by atoms with Crippen molar-refractivity contribution in [1.82, 2.24) is 23.8 Å². The van der Waals surface area contributed by atoms with E-state index in [1.807, 2.05) is 37.3 Å². The molecule has 3 aromatic heterocycles. The van der Waals surface area contributed by atoms with E-state index in [9.17, 15) is 14.4 Å². The van der Waals surface area contributed by atoms with Gasteiger partial charge in [0.15, 0.2) is 5.65 Å². The Morgan fingerprint density at radius 1 is 1.03 bits per heavy atom. The number of hydrogen-bond donors (Lipinski definition) is 1. The summed E-state index contributed by atoms with van der Waals surface area (Å²) in [6, 6.07) is 16.4. The molecule has 10 heteroatoms. The topological polar surface area (TPSA) is 112 Å². The van der Waals surface area contributed by atoms with Gasteiger partial charge < -0.3 is 10.1 Å². The highest BCUT2D eigenvalue weighted by Crippen LogP contribution is 2.22. The van der Waals surface area contributed by atoms with E-state index in [2.05, 4.69) is 15.5 Å². The van der Waals surface area contributed by atoms with E-state index in [-0.39, 0.29) is 18.7 Å². The minimum absolute atomic E-state index is 0.215. The van der Waals surface area contributed by atoms with Crippen LogP contribution in [-0.2, 0) is 16.1 Å². The Bertz CT molecular complexity index is 1630. The van der Waals surface area contributed by atoms with Crippen molar-refractivity contribution >= 4 is 28.7 Å². The van der Waals surface area contributed by atoms with E-state index in [1.54, 1.807) is 48.1 Å². The zero-order chi connectivity index (χ0) is 24.5. The molecule has 5 rings (SSSR count). The lowest BCUT2D eigenvalue weighted by Crippen LogP contribution is -2.28. The highest BCUT2D eigenvalue weighted by Gasteiger charge is 2.17. The zero-order valence-electron chi connectivity index (χ0n) is 19.1. The van der Waals surface area contributed by atoms with Crippen LogP contribution < -0.4 is 11.0 Å². The first kappa shape index (κ1) is 22.1. The maximum absolute atomic E-state index is 12.9. The summed E-state index contributed by atoms with van der Waals surface area (Å²) in [5.74, 6) is -1.04. The van der Waals surface area contributed by atoms with Gasteiger partial charge in [0.2, 0.25) is 5.91 Å². The number of anilines is 1. The molecule has 1 N–H and O–H groups in total. The maximum Gasteiger partial charge on any atom is 0.350 e. The van der Waals surface area contributed by atoms with Crippen LogP contribution in [0.25, 0.3) is 22.4 Å². The molecule has 3 heterocycles. The van der Waals surface area contributed by atoms with Gasteiger partial charge in [-0.05, 0) is 32.0 Å². The summed E-state index contributed by atoms with van der Waals surface area (Å²) in [4.78, 5) is 37.8. The Kier molecular flexibility index (Phi) is 5.61. The number of fused-ring (bicyclic) bond motifs is 3. The third kappa shape index (κ3) is 4.17. The molecule has 0 aliphatic carbocycles. The van der Waals surface area contributed by atoms with Gasteiger partial charge in [0.25, 0.3) is 0 Å². The molecule has 0 unspecified atom stereocenters. The molecule has 5 aromatic rings. The molecule has 0 bridgehead atoms. The fourth-order valence-electron chi connectivity index (χ4n) is 3.81. The summed E-state index contributed by atoms with van der Waals surface area (Å²) in [6.07, 6.45) is 3.23. The van der Waals surface area contributed by atoms with Gasteiger partial charge in [0.1, 0.15) is 12.1 Å². The first-order valence-electron chi connectivity index (χ1n) is 11.0. The molecule has 0 saturated heterocycles. The van der Waals surface area contributed by atoms with Gasteiger partial charge in [-0.15, -0.1) is 5.10 Å². The Morgan fingerprint density at radius 2 is 1.80 bits per heavy atom. The number of carbonyl (C=O) groups excluding carboxylic acids is 2. The number of nitrogens with zero attached hydrogens (tertiary/aromatic N) is 5. The molecular formula is C25H22N6O4. The molecular weight excluding hydrogens is 448 g/mol. The summed E-state index contributed by atoms with van der Waals surface area (Å²) in [5, 5.41) is 11.6. The lowest BCUT2D eigenvalue weighted by molar-refractivity contribution is -0.117. The minimum Gasteiger partial charge on any atom is -0.462 e. The third-order valence-electron chi connectivity index (χ3n) is 5.53. The lowest BCUT2D eigenvalue weighted by Gasteiger charge is -2.10. The fourth-order valence-corrected chi connectivity index (χ4v) is 3.81. The Hall–Kier alpha value is -4.73. The van der Waals surface area contributed by atoms with Gasteiger partial charge in [-0.1, -0.05) is 42.0 Å². The monoisotopic (exact) mass is 470 g/mol. The maximum atomic E-state index is 12.9. The van der Waals surface area contributed by atoms with Crippen molar-refractivity contribution in [2.75, 3.05) is 11.9 Å². The van der Waals surface area contributed by atoms with Crippen molar-refractivity contribution in [2.24, 2.45) is 0 Å². The number of aryl methyl sites for hydroxylation is 1. The van der Waals surface area contributed by atoms with Gasteiger partial charge in [0, 0.05) is 18.0 Å². The molecule has 0 spiro atoms. The average molecular weight is 470 g/mol. The van der Waals surface area contributed by atoms with E-state index < -0.39 is 17.6 Å². The molecule has 176 valence electrons. The average Bonchev–Trinajstić information content (AvgIpc) is 3.41. The molecule has 0 fully saturated rings. The summed E-state index contributed by atoms with van der Waals surface area (Å²) in [5.41, 5.74) is 3.91. The van der Waals surface area contributed by atoms with Crippen molar-refractivity contribution in [3.63, 3.8) is 0 Å². The van der Waals surface area contributed by atoms with Crippen molar-refractivity contribution in [3.05, 3.63) is 88.6 Å². The summed E-state index contributed by atoms with van der Waals surface area (Å²) in [6.45, 7) is 3.60. The molecule has 0 saturated carbocycles. The van der Waals surface area contributed by atoms with Gasteiger partial charge in [-0.25, -0.2) is 23.2 Å². The molecule has 0 radical (unpaired) electrons. The Morgan fingerprint density at radius 3 is 2.57 bits per heavy atom. The standard InChI is InChI=1S/C25H22N6O4/c1-3-35-24(33)18-6-4-5-7-19(18)26-22(32)15-31-25(34)29-12-13-30-21(23(29)28-31)14-20(27-30)17-10-8-16(2)9-11-17/h4-14H,3,15H2,1-2H3,(H,26,32). The lowest BCUT2D eigenvalue weighted by atomic mass is 10.1. The molecule has 0 aliphatic rings. The summed E-state index contributed by atoms with van der Waals surface area (Å²) in [7, 11) is 0. The van der Waals surface area contributed by atoms with Crippen molar-refractivity contribution in [3.8, 4) is 11.3 Å². The van der Waals surface area contributed by atoms with Crippen molar-refractivity contribution in [1.29, 1.82) is 0 Å². The van der Waals surface area contributed by atoms with Crippen LogP contribution in [0, 0.1) is 6.92 Å². The second-order valence-corrected chi connectivity index (χ2v) is 7.97. The minimum atomic E-state index is -0.541. The number of hydrogen-bond acceptors (Lipinski definition) is 6. The summed E-state index contributed by atoms with van der Waals surface area (Å²) < 4.78 is 9.14.